The van der Waals surface area contributed by atoms with E-state index in [9.17, 15) is 34.8 Å². The first-order valence-corrected chi connectivity index (χ1v) is 13.5. The topological polar surface area (TPSA) is 178 Å². The van der Waals surface area contributed by atoms with E-state index in [1.165, 1.54) is 0 Å². The number of likely N-dealkylation sites (N-methyl/N-ethyl adjacent to an activating group) is 1. The summed E-state index contributed by atoms with van der Waals surface area (Å²) in [6, 6.07) is 5.95. The molecule has 0 bridgehead atoms. The Labute approximate surface area is 243 Å². The fraction of sp³-hybridized carbons (Fsp3) is 0.419. The predicted molar refractivity (Wildman–Crippen MR) is 153 cm³/mol. The number of phenols is 1. The lowest BCUT2D eigenvalue weighted by atomic mass is 9.50. The van der Waals surface area contributed by atoms with E-state index >= 15 is 0 Å². The van der Waals surface area contributed by atoms with E-state index in [0.29, 0.717) is 16.9 Å². The molecule has 0 spiro atoms. The highest BCUT2D eigenvalue weighted by molar-refractivity contribution is 6.25. The van der Waals surface area contributed by atoms with Crippen molar-refractivity contribution in [3.8, 4) is 17.6 Å². The third-order valence-electron chi connectivity index (χ3n) is 8.94. The third kappa shape index (κ3) is 4.09. The Morgan fingerprint density at radius 1 is 1.14 bits per heavy atom. The van der Waals surface area contributed by atoms with Gasteiger partial charge in [-0.15, -0.1) is 0 Å². The van der Waals surface area contributed by atoms with E-state index in [0.717, 1.165) is 0 Å². The Hall–Kier alpha value is -4.24. The molecule has 0 radical (unpaired) electrons. The van der Waals surface area contributed by atoms with E-state index in [2.05, 4.69) is 16.8 Å². The predicted octanol–water partition coefficient (Wildman–Crippen LogP) is 0.380. The highest BCUT2D eigenvalue weighted by Gasteiger charge is 2.69. The Morgan fingerprint density at radius 3 is 2.40 bits per heavy atom. The first kappa shape index (κ1) is 29.3. The van der Waals surface area contributed by atoms with Crippen molar-refractivity contribution in [2.24, 2.45) is 23.0 Å². The number of hydrogen-bond donors (Lipinski definition) is 5. The summed E-state index contributed by atoms with van der Waals surface area (Å²) in [5.41, 5.74) is 3.22. The number of aromatic nitrogens is 1. The van der Waals surface area contributed by atoms with Crippen LogP contribution in [0.15, 0.2) is 36.0 Å². The molecule has 1 aromatic heterocycles. The number of carbonyl (C=O) groups excluding carboxylic acids is 3. The van der Waals surface area contributed by atoms with E-state index in [4.69, 9.17) is 5.73 Å². The van der Waals surface area contributed by atoms with Crippen LogP contribution in [0.1, 0.15) is 35.7 Å². The van der Waals surface area contributed by atoms with Crippen LogP contribution in [-0.4, -0.2) is 93.7 Å². The average Bonchev–Trinajstić information content (AvgIpc) is 2.90. The molecule has 1 aromatic carbocycles. The van der Waals surface area contributed by atoms with Crippen molar-refractivity contribution in [2.75, 3.05) is 33.1 Å². The number of ketones is 2. The van der Waals surface area contributed by atoms with E-state index < -0.39 is 58.2 Å². The zero-order chi connectivity index (χ0) is 30.9. The number of nitrogens with two attached hydrogens (primary N) is 1. The van der Waals surface area contributed by atoms with Gasteiger partial charge in [0.25, 0.3) is 0 Å². The molecule has 0 saturated heterocycles. The number of anilines is 1. The standard InChI is InChI=1S/C31H34N4O7/c1-30-13-17-19(34(2)3)12-15(9-10-16-8-6-7-11-33-16)24(36)20(17)25(37)22(30)28(40)31(42)18(14-30)23(35(4)5)26(38)21(27(31)39)29(32)41/h6-8,11-12,18,21,23,26,36-38,42H,13-14H2,1-5H3,(H2,32,41)/t18-,21?,23-,26?,30-,31+/m0/s1. The number of aliphatic hydroxyl groups excluding tert-OH is 2. The van der Waals surface area contributed by atoms with Crippen LogP contribution in [0.2, 0.25) is 0 Å². The maximum atomic E-state index is 14.3. The molecule has 2 fully saturated rings. The molecule has 5 rings (SSSR count). The number of amides is 1. The summed E-state index contributed by atoms with van der Waals surface area (Å²) in [4.78, 5) is 47.7. The van der Waals surface area contributed by atoms with Crippen molar-refractivity contribution < 1.29 is 34.8 Å². The van der Waals surface area contributed by atoms with Gasteiger partial charge in [0.2, 0.25) is 11.7 Å². The Bertz CT molecular complexity index is 1610. The van der Waals surface area contributed by atoms with Gasteiger partial charge in [-0.3, -0.25) is 14.4 Å². The molecular formula is C31H34N4O7. The largest absolute Gasteiger partial charge is 0.507 e. The highest BCUT2D eigenvalue weighted by Crippen LogP contribution is 2.58. The SMILES string of the molecule is CN(C)c1cc(C#Cc2ccccn2)c(O)c2c1C[C@@]1(C)C[C@H]3[C@H](N(C)C)C(O)C(C(N)=O)C(=O)[C@@]3(O)C(=O)C1=C2O. The molecule has 6 N–H and O–H groups in total. The van der Waals surface area contributed by atoms with Gasteiger partial charge >= 0.3 is 0 Å². The van der Waals surface area contributed by atoms with Crippen molar-refractivity contribution in [1.82, 2.24) is 9.88 Å². The lowest BCUT2D eigenvalue weighted by Crippen LogP contribution is -2.74. The van der Waals surface area contributed by atoms with Crippen LogP contribution in [0.25, 0.3) is 5.76 Å². The molecule has 6 atom stereocenters. The molecular weight excluding hydrogens is 540 g/mol. The summed E-state index contributed by atoms with van der Waals surface area (Å²) in [5, 5.41) is 46.1. The molecule has 2 saturated carbocycles. The molecule has 3 aliphatic carbocycles. The molecule has 0 aliphatic heterocycles. The summed E-state index contributed by atoms with van der Waals surface area (Å²) in [5.74, 6) is -1.53. The fourth-order valence-corrected chi connectivity index (χ4v) is 7.08. The van der Waals surface area contributed by atoms with Crippen molar-refractivity contribution in [3.05, 3.63) is 58.4 Å². The van der Waals surface area contributed by atoms with Gasteiger partial charge in [-0.2, -0.15) is 0 Å². The molecule has 42 heavy (non-hydrogen) atoms. The van der Waals surface area contributed by atoms with Crippen LogP contribution in [0.3, 0.4) is 0 Å². The van der Waals surface area contributed by atoms with Crippen LogP contribution in [-0.2, 0) is 20.8 Å². The summed E-state index contributed by atoms with van der Waals surface area (Å²) >= 11 is 0. The Morgan fingerprint density at radius 2 is 1.83 bits per heavy atom. The lowest BCUT2D eigenvalue weighted by molar-refractivity contribution is -0.186. The van der Waals surface area contributed by atoms with Gasteiger partial charge in [0, 0.05) is 48.9 Å². The number of rotatable bonds is 3. The maximum absolute atomic E-state index is 14.3. The molecule has 1 heterocycles. The smallest absolute Gasteiger partial charge is 0.230 e. The van der Waals surface area contributed by atoms with E-state index in [-0.39, 0.29) is 35.3 Å². The number of Topliss-reactive ketones (excluding diaryl/α,β-unsaturated/α-hetero) is 2. The number of hydrogen-bond acceptors (Lipinski definition) is 10. The van der Waals surface area contributed by atoms with Gasteiger partial charge in [-0.25, -0.2) is 4.98 Å². The summed E-state index contributed by atoms with van der Waals surface area (Å²) in [6.07, 6.45) is 0.211. The minimum absolute atomic E-state index is 0.0140. The molecule has 2 unspecified atom stereocenters. The normalized spacial score (nSPS) is 30.2. The number of fused-ring (bicyclic) bond motifs is 3. The van der Waals surface area contributed by atoms with Crippen LogP contribution >= 0.6 is 0 Å². The van der Waals surface area contributed by atoms with E-state index in [1.807, 2.05) is 0 Å². The number of pyridine rings is 1. The summed E-state index contributed by atoms with van der Waals surface area (Å²) in [7, 11) is 6.83. The lowest BCUT2D eigenvalue weighted by Gasteiger charge is -2.56. The number of phenolic OH excluding ortho intramolecular Hbond substituents is 1. The molecule has 11 nitrogen and oxygen atoms in total. The molecule has 220 valence electrons. The molecule has 11 heteroatoms. The van der Waals surface area contributed by atoms with Gasteiger partial charge in [0.15, 0.2) is 11.4 Å². The number of benzene rings is 1. The minimum Gasteiger partial charge on any atom is -0.507 e. The van der Waals surface area contributed by atoms with E-state index in [1.54, 1.807) is 75.4 Å². The van der Waals surface area contributed by atoms with Gasteiger partial charge in [-0.1, -0.05) is 18.9 Å². The first-order chi connectivity index (χ1) is 19.6. The second-order valence-corrected chi connectivity index (χ2v) is 12.1. The number of primary amides is 1. The van der Waals surface area contributed by atoms with Crippen molar-refractivity contribution in [1.29, 1.82) is 0 Å². The van der Waals surface area contributed by atoms with Crippen LogP contribution in [0.5, 0.6) is 5.75 Å². The molecule has 2 aromatic rings. The molecule has 3 aliphatic rings. The van der Waals surface area contributed by atoms with Crippen molar-refractivity contribution in [3.63, 3.8) is 0 Å². The zero-order valence-electron chi connectivity index (χ0n) is 24.0. The number of aliphatic hydroxyl groups is 3. The van der Waals surface area contributed by atoms with Crippen LogP contribution in [0.4, 0.5) is 5.69 Å². The third-order valence-corrected chi connectivity index (χ3v) is 8.94. The zero-order valence-corrected chi connectivity index (χ0v) is 24.0. The van der Waals surface area contributed by atoms with Crippen LogP contribution < -0.4 is 10.6 Å². The van der Waals surface area contributed by atoms with Gasteiger partial charge in [0.05, 0.1) is 17.2 Å². The molecule has 1 amide bonds. The van der Waals surface area contributed by atoms with Gasteiger partial charge in [0.1, 0.15) is 23.1 Å². The second kappa shape index (κ2) is 9.94. The monoisotopic (exact) mass is 574 g/mol. The Balaban J connectivity index is 1.74. The highest BCUT2D eigenvalue weighted by atomic mass is 16.3. The first-order valence-electron chi connectivity index (χ1n) is 13.5. The quantitative estimate of drug-likeness (QED) is 0.254. The summed E-state index contributed by atoms with van der Waals surface area (Å²) in [6.45, 7) is 1.74. The fourth-order valence-electron chi connectivity index (χ4n) is 7.08. The minimum atomic E-state index is -2.73. The van der Waals surface area contributed by atoms with Crippen molar-refractivity contribution >= 4 is 28.9 Å². The number of aromatic hydroxyl groups is 1. The number of nitrogens with zero attached hydrogens (tertiary/aromatic N) is 3. The van der Waals surface area contributed by atoms with Crippen molar-refractivity contribution in [2.45, 2.75) is 37.5 Å². The van der Waals surface area contributed by atoms with Crippen LogP contribution in [0, 0.1) is 29.1 Å². The summed E-state index contributed by atoms with van der Waals surface area (Å²) < 4.78 is 0. The maximum Gasteiger partial charge on any atom is 0.230 e. The Kier molecular flexibility index (Phi) is 6.93. The second-order valence-electron chi connectivity index (χ2n) is 12.1. The van der Waals surface area contributed by atoms with Gasteiger partial charge in [-0.05, 0) is 56.6 Å². The number of carbonyl (C=O) groups is 3. The average molecular weight is 575 g/mol. The van der Waals surface area contributed by atoms with Gasteiger partial charge < -0.3 is 36.0 Å².